The Hall–Kier alpha value is -2.32. The van der Waals surface area contributed by atoms with Gasteiger partial charge in [-0.2, -0.15) is 0 Å². The Balaban J connectivity index is 0.000000550. The van der Waals surface area contributed by atoms with Gasteiger partial charge < -0.3 is 10.1 Å². The third kappa shape index (κ3) is 6.60. The molecule has 1 amide bonds. The molecule has 2 aromatic carbocycles. The van der Waals surface area contributed by atoms with Crippen molar-refractivity contribution in [2.75, 3.05) is 26.5 Å². The van der Waals surface area contributed by atoms with E-state index in [4.69, 9.17) is 10.6 Å². The molecule has 0 aliphatic heterocycles. The van der Waals surface area contributed by atoms with Crippen molar-refractivity contribution in [3.63, 3.8) is 0 Å². The number of carbonyl (C=O) groups excluding carboxylic acids is 1. The number of benzene rings is 2. The molecule has 0 spiro atoms. The monoisotopic (exact) mass is 369 g/mol. The van der Waals surface area contributed by atoms with Crippen LogP contribution < -0.4 is 15.9 Å². The van der Waals surface area contributed by atoms with E-state index < -0.39 is 0 Å². The van der Waals surface area contributed by atoms with Gasteiger partial charge in [-0.1, -0.05) is 6.07 Å². The summed E-state index contributed by atoms with van der Waals surface area (Å²) < 4.78 is 32.3. The first-order valence-electron chi connectivity index (χ1n) is 7.27. The van der Waals surface area contributed by atoms with Crippen LogP contribution in [-0.2, 0) is 10.5 Å². The van der Waals surface area contributed by atoms with E-state index in [9.17, 15) is 13.6 Å². The van der Waals surface area contributed by atoms with E-state index in [1.54, 1.807) is 19.2 Å². The summed E-state index contributed by atoms with van der Waals surface area (Å²) in [6.07, 6.45) is 0.528. The van der Waals surface area contributed by atoms with Gasteiger partial charge in [-0.05, 0) is 30.3 Å². The summed E-state index contributed by atoms with van der Waals surface area (Å²) >= 11 is 1.34. The SMILES string of the molecule is CN(N)C=O.CNc1cccc(F)c1CSc1cc(F)ccc1OC. The van der Waals surface area contributed by atoms with Crippen molar-refractivity contribution in [1.82, 2.24) is 5.01 Å². The number of hydrogen-bond donors (Lipinski definition) is 2. The molecule has 0 saturated heterocycles. The molecule has 2 rings (SSSR count). The van der Waals surface area contributed by atoms with E-state index in [1.807, 2.05) is 6.07 Å². The molecule has 0 radical (unpaired) electrons. The Morgan fingerprint density at radius 3 is 2.56 bits per heavy atom. The van der Waals surface area contributed by atoms with Gasteiger partial charge >= 0.3 is 0 Å². The number of hydrogen-bond acceptors (Lipinski definition) is 5. The van der Waals surface area contributed by atoms with Gasteiger partial charge in [0.2, 0.25) is 6.41 Å². The van der Waals surface area contributed by atoms with Gasteiger partial charge in [0.15, 0.2) is 0 Å². The first-order chi connectivity index (χ1) is 11.9. The maximum atomic E-state index is 13.8. The highest BCUT2D eigenvalue weighted by Crippen LogP contribution is 2.34. The van der Waals surface area contributed by atoms with Gasteiger partial charge in [-0.15, -0.1) is 11.8 Å². The highest BCUT2D eigenvalue weighted by atomic mass is 32.2. The highest BCUT2D eigenvalue weighted by molar-refractivity contribution is 7.98. The van der Waals surface area contributed by atoms with Crippen molar-refractivity contribution in [3.05, 3.63) is 53.6 Å². The van der Waals surface area contributed by atoms with Crippen LogP contribution in [-0.4, -0.2) is 32.6 Å². The average molecular weight is 369 g/mol. The van der Waals surface area contributed by atoms with Crippen molar-refractivity contribution >= 4 is 23.9 Å². The largest absolute Gasteiger partial charge is 0.496 e. The van der Waals surface area contributed by atoms with Crippen molar-refractivity contribution in [1.29, 1.82) is 0 Å². The smallest absolute Gasteiger partial charge is 0.223 e. The van der Waals surface area contributed by atoms with Crippen LogP contribution in [0.25, 0.3) is 0 Å². The van der Waals surface area contributed by atoms with Gasteiger partial charge in [-0.3, -0.25) is 9.80 Å². The predicted molar refractivity (Wildman–Crippen MR) is 96.5 cm³/mol. The van der Waals surface area contributed by atoms with Crippen molar-refractivity contribution in [2.45, 2.75) is 10.6 Å². The van der Waals surface area contributed by atoms with E-state index in [0.29, 0.717) is 28.4 Å². The fourth-order valence-electron chi connectivity index (χ4n) is 1.85. The number of hydrazine groups is 1. The summed E-state index contributed by atoms with van der Waals surface area (Å²) in [7, 11) is 4.73. The zero-order valence-corrected chi connectivity index (χ0v) is 15.1. The summed E-state index contributed by atoms with van der Waals surface area (Å²) in [4.78, 5) is 9.96. The van der Waals surface area contributed by atoms with E-state index in [-0.39, 0.29) is 11.6 Å². The van der Waals surface area contributed by atoms with Crippen LogP contribution in [0.15, 0.2) is 41.3 Å². The third-order valence-electron chi connectivity index (χ3n) is 3.05. The first-order valence-corrected chi connectivity index (χ1v) is 8.25. The van der Waals surface area contributed by atoms with Crippen molar-refractivity contribution in [2.24, 2.45) is 5.84 Å². The summed E-state index contributed by atoms with van der Waals surface area (Å²) in [5.74, 6) is 5.12. The fourth-order valence-corrected chi connectivity index (χ4v) is 2.94. The first kappa shape index (κ1) is 20.7. The zero-order chi connectivity index (χ0) is 18.8. The van der Waals surface area contributed by atoms with Crippen LogP contribution in [0.5, 0.6) is 5.75 Å². The quantitative estimate of drug-likeness (QED) is 0.269. The number of carbonyl (C=O) groups is 1. The Kier molecular flexibility index (Phi) is 8.73. The minimum absolute atomic E-state index is 0.278. The minimum Gasteiger partial charge on any atom is -0.496 e. The molecule has 0 bridgehead atoms. The molecule has 0 unspecified atom stereocenters. The normalized spacial score (nSPS) is 9.68. The number of rotatable bonds is 6. The van der Waals surface area contributed by atoms with Crippen molar-refractivity contribution < 1.29 is 18.3 Å². The standard InChI is InChI=1S/C15H15F2NOS.C2H6N2O/c1-18-13-5-3-4-12(17)11(13)9-20-15-8-10(16)6-7-14(15)19-2;1-4(3)2-5/h3-8,18H,9H2,1-2H3;2H,3H2,1H3. The molecular weight excluding hydrogens is 348 g/mol. The maximum Gasteiger partial charge on any atom is 0.223 e. The van der Waals surface area contributed by atoms with E-state index in [0.717, 1.165) is 10.7 Å². The van der Waals surface area contributed by atoms with E-state index in [1.165, 1.54) is 44.1 Å². The number of ether oxygens (including phenoxy) is 1. The van der Waals surface area contributed by atoms with E-state index >= 15 is 0 Å². The lowest BCUT2D eigenvalue weighted by atomic mass is 10.2. The second kappa shape index (κ2) is 10.5. The lowest BCUT2D eigenvalue weighted by molar-refractivity contribution is -0.117. The number of thioether (sulfide) groups is 1. The number of nitrogens with two attached hydrogens (primary N) is 1. The molecule has 0 fully saturated rings. The molecule has 25 heavy (non-hydrogen) atoms. The molecular formula is C17H21F2N3O2S. The van der Waals surface area contributed by atoms with Gasteiger partial charge in [0.25, 0.3) is 0 Å². The van der Waals surface area contributed by atoms with Crippen LogP contribution >= 0.6 is 11.8 Å². The molecule has 136 valence electrons. The van der Waals surface area contributed by atoms with Gasteiger partial charge in [-0.25, -0.2) is 14.6 Å². The number of halogens is 2. The predicted octanol–water partition coefficient (Wildman–Crippen LogP) is 3.26. The molecule has 5 nitrogen and oxygen atoms in total. The van der Waals surface area contributed by atoms with Gasteiger partial charge in [0, 0.05) is 31.1 Å². The topological polar surface area (TPSA) is 67.6 Å². The molecule has 0 aliphatic rings. The number of anilines is 1. The number of nitrogens with one attached hydrogen (secondary N) is 1. The van der Waals surface area contributed by atoms with Crippen LogP contribution in [0, 0.1) is 11.6 Å². The van der Waals surface area contributed by atoms with Gasteiger partial charge in [0.1, 0.15) is 17.4 Å². The zero-order valence-electron chi connectivity index (χ0n) is 14.3. The Morgan fingerprint density at radius 2 is 2.00 bits per heavy atom. The molecule has 0 atom stereocenters. The highest BCUT2D eigenvalue weighted by Gasteiger charge is 2.11. The third-order valence-corrected chi connectivity index (χ3v) is 4.12. The van der Waals surface area contributed by atoms with Gasteiger partial charge in [0.05, 0.1) is 12.0 Å². The Labute approximate surface area is 150 Å². The molecule has 8 heteroatoms. The molecule has 0 aromatic heterocycles. The van der Waals surface area contributed by atoms with Crippen LogP contribution in [0.3, 0.4) is 0 Å². The average Bonchev–Trinajstić information content (AvgIpc) is 2.61. The number of methoxy groups -OCH3 is 1. The molecule has 0 heterocycles. The second-order valence-electron chi connectivity index (χ2n) is 4.87. The summed E-state index contributed by atoms with van der Waals surface area (Å²) in [5, 5.41) is 3.90. The van der Waals surface area contributed by atoms with Crippen molar-refractivity contribution in [3.8, 4) is 5.75 Å². The second-order valence-corrected chi connectivity index (χ2v) is 5.89. The van der Waals surface area contributed by atoms with Crippen LogP contribution in [0.1, 0.15) is 5.56 Å². The summed E-state index contributed by atoms with van der Waals surface area (Å²) in [6.45, 7) is 0. The molecule has 2 aromatic rings. The summed E-state index contributed by atoms with van der Waals surface area (Å²) in [6, 6.07) is 9.17. The molecule has 0 aliphatic carbocycles. The lowest BCUT2D eigenvalue weighted by Crippen LogP contribution is -2.23. The summed E-state index contributed by atoms with van der Waals surface area (Å²) in [5.41, 5.74) is 1.29. The molecule has 0 saturated carbocycles. The minimum atomic E-state index is -0.337. The Bertz CT molecular complexity index is 700. The van der Waals surface area contributed by atoms with Crippen LogP contribution in [0.2, 0.25) is 0 Å². The number of nitrogens with zero attached hydrogens (tertiary/aromatic N) is 1. The maximum absolute atomic E-state index is 13.8. The Morgan fingerprint density at radius 1 is 1.32 bits per heavy atom. The fraction of sp³-hybridized carbons (Fsp3) is 0.235. The number of amides is 1. The lowest BCUT2D eigenvalue weighted by Gasteiger charge is -2.11. The molecule has 3 N–H and O–H groups in total. The van der Waals surface area contributed by atoms with Crippen LogP contribution in [0.4, 0.5) is 14.5 Å². The van der Waals surface area contributed by atoms with E-state index in [2.05, 4.69) is 5.32 Å².